The van der Waals surface area contributed by atoms with Gasteiger partial charge >= 0.3 is 0 Å². The van der Waals surface area contributed by atoms with Crippen LogP contribution in [0.3, 0.4) is 0 Å². The van der Waals surface area contributed by atoms with Crippen molar-refractivity contribution in [3.63, 3.8) is 0 Å². The number of aryl methyl sites for hydroxylation is 1. The highest BCUT2D eigenvalue weighted by Crippen LogP contribution is 2.33. The van der Waals surface area contributed by atoms with E-state index in [1.165, 1.54) is 4.57 Å². The van der Waals surface area contributed by atoms with Gasteiger partial charge in [0.1, 0.15) is 12.3 Å². The van der Waals surface area contributed by atoms with Crippen LogP contribution in [-0.2, 0) is 7.05 Å². The summed E-state index contributed by atoms with van der Waals surface area (Å²) in [4.78, 5) is 28.6. The van der Waals surface area contributed by atoms with Crippen molar-refractivity contribution >= 4 is 57.6 Å². The third-order valence-electron chi connectivity index (χ3n) is 5.57. The summed E-state index contributed by atoms with van der Waals surface area (Å²) in [5.41, 5.74) is 1.79. The molecule has 0 spiro atoms. The Kier molecular flexibility index (Phi) is 8.68. The second-order valence-electron chi connectivity index (χ2n) is 8.15. The molecule has 1 N–H and O–H groups in total. The van der Waals surface area contributed by atoms with E-state index in [1.54, 1.807) is 49.8 Å². The summed E-state index contributed by atoms with van der Waals surface area (Å²) >= 11 is 14.5. The molecule has 36 heavy (non-hydrogen) atoms. The first kappa shape index (κ1) is 26.2. The fourth-order valence-corrected chi connectivity index (χ4v) is 4.67. The maximum atomic E-state index is 13.1. The predicted molar refractivity (Wildman–Crippen MR) is 149 cm³/mol. The Hall–Kier alpha value is -2.85. The number of hydrogen-bond donors (Lipinski definition) is 1. The van der Waals surface area contributed by atoms with Crippen molar-refractivity contribution in [3.8, 4) is 17.0 Å². The number of halogens is 2. The topological polar surface area (TPSA) is 85.2 Å². The van der Waals surface area contributed by atoms with E-state index in [0.29, 0.717) is 56.3 Å². The number of ether oxygens (including phenoxy) is 1. The van der Waals surface area contributed by atoms with E-state index in [1.807, 2.05) is 17.8 Å². The fraction of sp³-hybridized carbons (Fsp3) is 0.280. The van der Waals surface area contributed by atoms with Crippen molar-refractivity contribution in [2.24, 2.45) is 7.05 Å². The van der Waals surface area contributed by atoms with E-state index in [9.17, 15) is 4.79 Å². The zero-order chi connectivity index (χ0) is 25.7. The van der Waals surface area contributed by atoms with Crippen LogP contribution in [0.4, 0.5) is 11.6 Å². The number of anilines is 2. The Balaban J connectivity index is 1.49. The van der Waals surface area contributed by atoms with Gasteiger partial charge in [0.05, 0.1) is 27.5 Å². The van der Waals surface area contributed by atoms with Gasteiger partial charge < -0.3 is 15.0 Å². The average molecular weight is 545 g/mol. The highest BCUT2D eigenvalue weighted by Gasteiger charge is 2.16. The summed E-state index contributed by atoms with van der Waals surface area (Å²) in [5, 5.41) is 4.61. The van der Waals surface area contributed by atoms with Gasteiger partial charge in [-0.25, -0.2) is 9.97 Å². The minimum absolute atomic E-state index is 0.260. The van der Waals surface area contributed by atoms with Gasteiger partial charge in [-0.2, -0.15) is 16.7 Å². The standard InChI is InChI=1S/C25H26Cl2N6O2S/c1-32(10-12-36-3)9-11-35-21-8-7-17(15-28-21)30-25-29-14-16-13-18(24(34)33(2)23(16)31-25)22-19(26)5-4-6-20(22)27/h4-8,13-15H,9-12H2,1-3H3,(H,29,30,31). The number of fused-ring (bicyclic) bond motifs is 1. The van der Waals surface area contributed by atoms with Crippen molar-refractivity contribution in [2.45, 2.75) is 0 Å². The second kappa shape index (κ2) is 11.9. The number of rotatable bonds is 10. The molecule has 4 aromatic rings. The zero-order valence-corrected chi connectivity index (χ0v) is 22.5. The summed E-state index contributed by atoms with van der Waals surface area (Å²) in [6, 6.07) is 10.5. The number of aromatic nitrogens is 4. The predicted octanol–water partition coefficient (Wildman–Crippen LogP) is 5.11. The molecule has 0 aliphatic rings. The molecule has 0 bridgehead atoms. The van der Waals surface area contributed by atoms with E-state index in [0.717, 1.165) is 18.8 Å². The fourth-order valence-electron chi connectivity index (χ4n) is 3.57. The van der Waals surface area contributed by atoms with Crippen LogP contribution >= 0.6 is 35.0 Å². The maximum absolute atomic E-state index is 13.1. The summed E-state index contributed by atoms with van der Waals surface area (Å²) in [5.74, 6) is 1.98. The van der Waals surface area contributed by atoms with E-state index in [2.05, 4.69) is 38.5 Å². The van der Waals surface area contributed by atoms with Crippen molar-refractivity contribution in [2.75, 3.05) is 44.1 Å². The summed E-state index contributed by atoms with van der Waals surface area (Å²) < 4.78 is 7.20. The first-order chi connectivity index (χ1) is 17.4. The van der Waals surface area contributed by atoms with Gasteiger partial charge in [-0.05, 0) is 37.6 Å². The first-order valence-corrected chi connectivity index (χ1v) is 13.4. The number of hydrogen-bond acceptors (Lipinski definition) is 8. The quantitative estimate of drug-likeness (QED) is 0.294. The third kappa shape index (κ3) is 6.10. The van der Waals surface area contributed by atoms with Crippen LogP contribution in [0.1, 0.15) is 0 Å². The van der Waals surface area contributed by atoms with Crippen LogP contribution in [0, 0.1) is 0 Å². The molecule has 0 aliphatic heterocycles. The van der Waals surface area contributed by atoms with Crippen LogP contribution in [0.5, 0.6) is 5.88 Å². The van der Waals surface area contributed by atoms with Crippen LogP contribution in [0.25, 0.3) is 22.2 Å². The van der Waals surface area contributed by atoms with Crippen LogP contribution in [-0.4, -0.2) is 63.2 Å². The summed E-state index contributed by atoms with van der Waals surface area (Å²) in [7, 11) is 3.73. The van der Waals surface area contributed by atoms with Gasteiger partial charge in [0.2, 0.25) is 11.8 Å². The van der Waals surface area contributed by atoms with E-state index in [4.69, 9.17) is 27.9 Å². The zero-order valence-electron chi connectivity index (χ0n) is 20.2. The van der Waals surface area contributed by atoms with E-state index in [-0.39, 0.29) is 5.56 Å². The molecule has 1 aromatic carbocycles. The van der Waals surface area contributed by atoms with Gasteiger partial charge in [0.15, 0.2) is 0 Å². The van der Waals surface area contributed by atoms with Crippen LogP contribution in [0.2, 0.25) is 10.0 Å². The van der Waals surface area contributed by atoms with Crippen molar-refractivity contribution in [1.29, 1.82) is 0 Å². The molecule has 0 amide bonds. The Labute approximate surface area is 223 Å². The molecule has 0 saturated carbocycles. The molecule has 3 aromatic heterocycles. The van der Waals surface area contributed by atoms with Crippen LogP contribution in [0.15, 0.2) is 53.6 Å². The molecule has 0 fully saturated rings. The van der Waals surface area contributed by atoms with Crippen molar-refractivity contribution in [3.05, 3.63) is 69.2 Å². The van der Waals surface area contributed by atoms with Gasteiger partial charge in [-0.1, -0.05) is 29.3 Å². The molecule has 0 aliphatic carbocycles. The molecule has 4 rings (SSSR count). The van der Waals surface area contributed by atoms with Gasteiger partial charge in [0.25, 0.3) is 5.56 Å². The largest absolute Gasteiger partial charge is 0.476 e. The van der Waals surface area contributed by atoms with Gasteiger partial charge in [-0.3, -0.25) is 9.36 Å². The molecule has 11 heteroatoms. The molecular formula is C25H26Cl2N6O2S. The maximum Gasteiger partial charge on any atom is 0.259 e. The lowest BCUT2D eigenvalue weighted by molar-refractivity contribution is 0.238. The molecule has 8 nitrogen and oxygen atoms in total. The number of nitrogens with zero attached hydrogens (tertiary/aromatic N) is 5. The molecule has 0 unspecified atom stereocenters. The lowest BCUT2D eigenvalue weighted by Gasteiger charge is -2.16. The van der Waals surface area contributed by atoms with Crippen molar-refractivity contribution in [1.82, 2.24) is 24.4 Å². The smallest absolute Gasteiger partial charge is 0.259 e. The monoisotopic (exact) mass is 544 g/mol. The molecular weight excluding hydrogens is 519 g/mol. The number of pyridine rings is 2. The molecule has 0 radical (unpaired) electrons. The lowest BCUT2D eigenvalue weighted by atomic mass is 10.1. The minimum atomic E-state index is -0.260. The minimum Gasteiger partial charge on any atom is -0.476 e. The number of benzene rings is 1. The molecule has 0 saturated heterocycles. The van der Waals surface area contributed by atoms with E-state index >= 15 is 0 Å². The Morgan fingerprint density at radius 3 is 2.58 bits per heavy atom. The highest BCUT2D eigenvalue weighted by atomic mass is 35.5. The average Bonchev–Trinajstić information content (AvgIpc) is 2.87. The normalized spacial score (nSPS) is 11.3. The summed E-state index contributed by atoms with van der Waals surface area (Å²) in [6.45, 7) is 2.41. The number of nitrogens with one attached hydrogen (secondary N) is 1. The Bertz CT molecular complexity index is 1390. The Morgan fingerprint density at radius 1 is 1.11 bits per heavy atom. The number of thioether (sulfide) groups is 1. The number of likely N-dealkylation sites (N-methyl/N-ethyl adjacent to an activating group) is 1. The van der Waals surface area contributed by atoms with E-state index < -0.39 is 0 Å². The van der Waals surface area contributed by atoms with Crippen molar-refractivity contribution < 1.29 is 4.74 Å². The van der Waals surface area contributed by atoms with Crippen LogP contribution < -0.4 is 15.6 Å². The summed E-state index contributed by atoms with van der Waals surface area (Å²) in [6.07, 6.45) is 5.40. The highest BCUT2D eigenvalue weighted by molar-refractivity contribution is 7.98. The van der Waals surface area contributed by atoms with Gasteiger partial charge in [-0.15, -0.1) is 0 Å². The molecule has 188 valence electrons. The van der Waals surface area contributed by atoms with Gasteiger partial charge in [0, 0.05) is 49.1 Å². The Morgan fingerprint density at radius 2 is 1.89 bits per heavy atom. The molecule has 3 heterocycles. The third-order valence-corrected chi connectivity index (χ3v) is 6.79. The molecule has 0 atom stereocenters. The lowest BCUT2D eigenvalue weighted by Crippen LogP contribution is -2.26. The SMILES string of the molecule is CSCCN(C)CCOc1ccc(Nc2ncc3cc(-c4c(Cl)cccc4Cl)c(=O)n(C)c3n2)cn1. The first-order valence-electron chi connectivity index (χ1n) is 11.2. The second-order valence-corrected chi connectivity index (χ2v) is 9.95.